The number of hydrazone groups is 1. The van der Waals surface area contributed by atoms with Gasteiger partial charge in [-0.1, -0.05) is 30.3 Å². The van der Waals surface area contributed by atoms with Crippen LogP contribution >= 0.6 is 0 Å². The van der Waals surface area contributed by atoms with Crippen LogP contribution in [0.4, 0.5) is 19.0 Å². The lowest BCUT2D eigenvalue weighted by molar-refractivity contribution is -0.137. The van der Waals surface area contributed by atoms with Gasteiger partial charge in [-0.25, -0.2) is 4.98 Å². The number of halogens is 3. The monoisotopic (exact) mass is 428 g/mol. The number of morpholine rings is 1. The first-order valence-corrected chi connectivity index (χ1v) is 10.1. The molecule has 2 aliphatic rings. The summed E-state index contributed by atoms with van der Waals surface area (Å²) in [4.78, 5) is 6.11. The summed E-state index contributed by atoms with van der Waals surface area (Å²) in [5, 5.41) is 4.24. The number of aromatic nitrogens is 1. The van der Waals surface area contributed by atoms with Gasteiger partial charge in [0, 0.05) is 25.0 Å². The zero-order valence-electron chi connectivity index (χ0n) is 16.9. The van der Waals surface area contributed by atoms with Gasteiger partial charge in [0.1, 0.15) is 5.82 Å². The van der Waals surface area contributed by atoms with Gasteiger partial charge in [-0.3, -0.25) is 5.43 Å². The number of hydrogen-bond donors (Lipinski definition) is 1. The molecule has 31 heavy (non-hydrogen) atoms. The number of allylic oxidation sites excluding steroid dienone is 2. The standard InChI is InChI=1S/C23H23F3N4O/c24-23(25,26)20-8-9-21(27-16-20)29-28-15-19-7-6-18(14-17-4-2-1-3-5-17)22(19)30-10-12-31-13-11-30/h1-5,8-9,14-16H,6-7,10-13H2,(H,27,29)/b18-14+,28-15-. The second-order valence-corrected chi connectivity index (χ2v) is 7.35. The highest BCUT2D eigenvalue weighted by molar-refractivity contribution is 5.84. The molecule has 2 heterocycles. The highest BCUT2D eigenvalue weighted by atomic mass is 19.4. The second-order valence-electron chi connectivity index (χ2n) is 7.35. The van der Waals surface area contributed by atoms with Crippen molar-refractivity contribution in [3.63, 3.8) is 0 Å². The summed E-state index contributed by atoms with van der Waals surface area (Å²) >= 11 is 0. The third kappa shape index (κ3) is 5.32. The fourth-order valence-corrected chi connectivity index (χ4v) is 3.73. The predicted octanol–water partition coefficient (Wildman–Crippen LogP) is 4.96. The Balaban J connectivity index is 1.54. The van der Waals surface area contributed by atoms with Crippen LogP contribution in [-0.2, 0) is 10.9 Å². The molecule has 1 aliphatic heterocycles. The van der Waals surface area contributed by atoms with Crippen molar-refractivity contribution in [2.24, 2.45) is 5.10 Å². The van der Waals surface area contributed by atoms with E-state index in [2.05, 4.69) is 38.6 Å². The van der Waals surface area contributed by atoms with Crippen molar-refractivity contribution in [1.82, 2.24) is 9.88 Å². The van der Waals surface area contributed by atoms with Gasteiger partial charge in [-0.2, -0.15) is 18.3 Å². The van der Waals surface area contributed by atoms with Crippen molar-refractivity contribution in [2.75, 3.05) is 31.7 Å². The summed E-state index contributed by atoms with van der Waals surface area (Å²) in [6.45, 7) is 2.99. The molecule has 5 nitrogen and oxygen atoms in total. The molecular weight excluding hydrogens is 405 g/mol. The fourth-order valence-electron chi connectivity index (χ4n) is 3.73. The largest absolute Gasteiger partial charge is 0.417 e. The lowest BCUT2D eigenvalue weighted by Gasteiger charge is -2.31. The number of nitrogens with one attached hydrogen (secondary N) is 1. The van der Waals surface area contributed by atoms with E-state index < -0.39 is 11.7 Å². The van der Waals surface area contributed by atoms with Crippen LogP contribution in [0, 0.1) is 0 Å². The molecule has 1 saturated heterocycles. The van der Waals surface area contributed by atoms with E-state index in [4.69, 9.17) is 4.74 Å². The molecule has 1 aromatic heterocycles. The van der Waals surface area contributed by atoms with Crippen LogP contribution in [0.3, 0.4) is 0 Å². The highest BCUT2D eigenvalue weighted by Gasteiger charge is 2.30. The van der Waals surface area contributed by atoms with Crippen LogP contribution in [0.15, 0.2) is 70.6 Å². The lowest BCUT2D eigenvalue weighted by Crippen LogP contribution is -2.36. The molecule has 8 heteroatoms. The number of hydrogen-bond acceptors (Lipinski definition) is 5. The Morgan fingerprint density at radius 1 is 1.03 bits per heavy atom. The number of ether oxygens (including phenoxy) is 1. The molecule has 2 aromatic rings. The quantitative estimate of drug-likeness (QED) is 0.540. The molecule has 1 fully saturated rings. The van der Waals surface area contributed by atoms with Gasteiger partial charge in [0.25, 0.3) is 0 Å². The van der Waals surface area contributed by atoms with Gasteiger partial charge >= 0.3 is 6.18 Å². The Labute approximate surface area is 178 Å². The van der Waals surface area contributed by atoms with E-state index in [1.807, 2.05) is 18.2 Å². The smallest absolute Gasteiger partial charge is 0.378 e. The zero-order chi connectivity index (χ0) is 21.7. The Hall–Kier alpha value is -3.13. The zero-order valence-corrected chi connectivity index (χ0v) is 16.9. The van der Waals surface area contributed by atoms with E-state index in [0.29, 0.717) is 13.2 Å². The van der Waals surface area contributed by atoms with Crippen molar-refractivity contribution in [2.45, 2.75) is 19.0 Å². The summed E-state index contributed by atoms with van der Waals surface area (Å²) in [6.07, 6.45) is 2.09. The summed E-state index contributed by atoms with van der Waals surface area (Å²) in [7, 11) is 0. The first kappa shape index (κ1) is 21.1. The maximum Gasteiger partial charge on any atom is 0.417 e. The topological polar surface area (TPSA) is 49.8 Å². The van der Waals surface area contributed by atoms with Crippen LogP contribution < -0.4 is 5.43 Å². The number of pyridine rings is 1. The van der Waals surface area contributed by atoms with E-state index in [0.717, 1.165) is 55.0 Å². The molecule has 0 radical (unpaired) electrons. The van der Waals surface area contributed by atoms with Crippen molar-refractivity contribution in [3.05, 3.63) is 76.6 Å². The number of benzene rings is 1. The average Bonchev–Trinajstić information content (AvgIpc) is 3.17. The van der Waals surface area contributed by atoms with Crippen LogP contribution in [0.25, 0.3) is 6.08 Å². The Kier molecular flexibility index (Phi) is 6.36. The fraction of sp³-hybridized carbons (Fsp3) is 0.304. The Bertz CT molecular complexity index is 976. The molecule has 1 N–H and O–H groups in total. The first-order chi connectivity index (χ1) is 15.0. The maximum atomic E-state index is 12.7. The van der Waals surface area contributed by atoms with Gasteiger partial charge in [-0.05, 0) is 47.8 Å². The predicted molar refractivity (Wildman–Crippen MR) is 114 cm³/mol. The summed E-state index contributed by atoms with van der Waals surface area (Å²) in [6, 6.07) is 12.4. The molecule has 162 valence electrons. The molecular formula is C23H23F3N4O. The molecule has 1 aromatic carbocycles. The van der Waals surface area contributed by atoms with Gasteiger partial charge in [0.05, 0.1) is 25.0 Å². The van der Waals surface area contributed by atoms with Crippen LogP contribution in [-0.4, -0.2) is 42.4 Å². The number of rotatable bonds is 5. The molecule has 1 aliphatic carbocycles. The second kappa shape index (κ2) is 9.34. The molecule has 0 atom stereocenters. The molecule has 0 unspecified atom stereocenters. The first-order valence-electron chi connectivity index (χ1n) is 10.1. The van der Waals surface area contributed by atoms with Crippen LogP contribution in [0.1, 0.15) is 24.0 Å². The van der Waals surface area contributed by atoms with Crippen molar-refractivity contribution in [1.29, 1.82) is 0 Å². The minimum atomic E-state index is -4.40. The lowest BCUT2D eigenvalue weighted by atomic mass is 10.1. The molecule has 4 rings (SSSR count). The van der Waals surface area contributed by atoms with Crippen LogP contribution in [0.5, 0.6) is 0 Å². The third-order valence-corrected chi connectivity index (χ3v) is 5.23. The van der Waals surface area contributed by atoms with E-state index >= 15 is 0 Å². The summed E-state index contributed by atoms with van der Waals surface area (Å²) in [5.74, 6) is 0.260. The molecule has 0 amide bonds. The van der Waals surface area contributed by atoms with Gasteiger partial charge in [0.15, 0.2) is 0 Å². The van der Waals surface area contributed by atoms with E-state index in [1.165, 1.54) is 11.6 Å². The van der Waals surface area contributed by atoms with Crippen molar-refractivity contribution in [3.8, 4) is 0 Å². The molecule has 0 bridgehead atoms. The summed E-state index contributed by atoms with van der Waals surface area (Å²) in [5.41, 5.74) is 6.60. The minimum absolute atomic E-state index is 0.260. The van der Waals surface area contributed by atoms with E-state index in [1.54, 1.807) is 6.21 Å². The highest BCUT2D eigenvalue weighted by Crippen LogP contribution is 2.35. The van der Waals surface area contributed by atoms with Crippen LogP contribution in [0.2, 0.25) is 0 Å². The number of nitrogens with zero attached hydrogens (tertiary/aromatic N) is 3. The number of alkyl halides is 3. The summed E-state index contributed by atoms with van der Waals surface area (Å²) < 4.78 is 43.5. The van der Waals surface area contributed by atoms with Crippen molar-refractivity contribution >= 4 is 18.1 Å². The molecule has 0 saturated carbocycles. The van der Waals surface area contributed by atoms with Gasteiger partial charge in [0.2, 0.25) is 0 Å². The van der Waals surface area contributed by atoms with E-state index in [9.17, 15) is 13.2 Å². The Morgan fingerprint density at radius 2 is 1.81 bits per heavy atom. The van der Waals surface area contributed by atoms with E-state index in [-0.39, 0.29) is 5.82 Å². The SMILES string of the molecule is FC(F)(F)c1ccc(N/N=C\C2=C(N3CCOCC3)C(=C/c3ccccc3)/CC2)nc1. The number of anilines is 1. The third-order valence-electron chi connectivity index (χ3n) is 5.23. The van der Waals surface area contributed by atoms with Crippen molar-refractivity contribution < 1.29 is 17.9 Å². The normalized spacial score (nSPS) is 18.9. The maximum absolute atomic E-state index is 12.7. The average molecular weight is 428 g/mol. The minimum Gasteiger partial charge on any atom is -0.378 e. The van der Waals surface area contributed by atoms with Gasteiger partial charge in [-0.15, -0.1) is 0 Å². The molecule has 0 spiro atoms. The Morgan fingerprint density at radius 3 is 2.48 bits per heavy atom. The van der Waals surface area contributed by atoms with Gasteiger partial charge < -0.3 is 9.64 Å².